The van der Waals surface area contributed by atoms with Crippen LogP contribution in [0.1, 0.15) is 123 Å². The van der Waals surface area contributed by atoms with E-state index >= 15 is 0 Å². The Morgan fingerprint density at radius 1 is 0.815 bits per heavy atom. The van der Waals surface area contributed by atoms with Crippen molar-refractivity contribution in [3.05, 3.63) is 142 Å². The van der Waals surface area contributed by atoms with Gasteiger partial charge in [-0.05, 0) is 140 Å². The van der Waals surface area contributed by atoms with Crippen LogP contribution in [0.25, 0.3) is 16.6 Å². The van der Waals surface area contributed by atoms with Crippen molar-refractivity contribution in [1.29, 1.82) is 0 Å². The maximum Gasteiger partial charge on any atom is 0.161 e. The van der Waals surface area contributed by atoms with Crippen molar-refractivity contribution >= 4 is 16.6 Å². The second-order valence-corrected chi connectivity index (χ2v) is 19.7. The van der Waals surface area contributed by atoms with Gasteiger partial charge < -0.3 is 45.1 Å². The number of aliphatic hydroxyl groups is 1. The number of nitrogens with zero attached hydrogens (tertiary/aromatic N) is 1. The number of rotatable bonds is 8. The number of phenols is 2. The number of phenolic OH excluding ortho intramolecular Hbond substituents is 2. The van der Waals surface area contributed by atoms with Crippen LogP contribution in [-0.2, 0) is 40.8 Å². The van der Waals surface area contributed by atoms with E-state index in [1.165, 1.54) is 41.5 Å². The molecule has 2 aliphatic carbocycles. The highest BCUT2D eigenvalue weighted by atomic mass is 16.5. The molecule has 5 atom stereocenters. The van der Waals surface area contributed by atoms with Crippen LogP contribution >= 0.6 is 0 Å². The number of nitrogens with two attached hydrogens (primary N) is 1. The minimum atomic E-state index is -0.554. The lowest BCUT2D eigenvalue weighted by molar-refractivity contribution is -0.166. The first-order valence-electron chi connectivity index (χ1n) is 24.6. The molecule has 2 fully saturated rings. The lowest BCUT2D eigenvalue weighted by Crippen LogP contribution is -2.59. The molecule has 0 radical (unpaired) electrons. The minimum absolute atomic E-state index is 0.107. The normalized spacial score (nSPS) is 25.5. The monoisotopic (exact) mass is 878 g/mol. The van der Waals surface area contributed by atoms with Crippen molar-refractivity contribution in [2.24, 2.45) is 11.7 Å². The van der Waals surface area contributed by atoms with E-state index in [0.29, 0.717) is 43.3 Å². The molecule has 1 aromatic heterocycles. The molecule has 342 valence electrons. The van der Waals surface area contributed by atoms with Gasteiger partial charge in [0.05, 0.1) is 30.6 Å². The molecule has 4 heterocycles. The molecule has 6 N–H and O–H groups in total. The van der Waals surface area contributed by atoms with Gasteiger partial charge in [0.25, 0.3) is 0 Å². The summed E-state index contributed by atoms with van der Waals surface area (Å²) < 4.78 is 22.7. The number of hydrogen-bond donors (Lipinski definition) is 5. The highest BCUT2D eigenvalue weighted by Gasteiger charge is 2.58. The summed E-state index contributed by atoms with van der Waals surface area (Å²) in [4.78, 5) is 0. The molecule has 0 amide bonds. The van der Waals surface area contributed by atoms with Gasteiger partial charge in [-0.25, -0.2) is 0 Å². The zero-order chi connectivity index (χ0) is 44.4. The summed E-state index contributed by atoms with van der Waals surface area (Å²) in [6, 6.07) is 27.1. The highest BCUT2D eigenvalue weighted by molar-refractivity contribution is 5.88. The van der Waals surface area contributed by atoms with Crippen molar-refractivity contribution < 1.29 is 29.5 Å². The average molecular weight is 878 g/mol. The van der Waals surface area contributed by atoms with E-state index in [9.17, 15) is 15.3 Å². The van der Waals surface area contributed by atoms with Crippen LogP contribution in [-0.4, -0.2) is 57.1 Å². The fourth-order valence-electron chi connectivity index (χ4n) is 12.3. The van der Waals surface area contributed by atoms with Crippen LogP contribution in [0.4, 0.5) is 0 Å². The van der Waals surface area contributed by atoms with Crippen LogP contribution in [0.5, 0.6) is 17.2 Å². The fraction of sp³-hybridized carbons (Fsp3) is 0.464. The summed E-state index contributed by atoms with van der Waals surface area (Å²) in [5, 5.41) is 38.1. The van der Waals surface area contributed by atoms with Gasteiger partial charge in [-0.3, -0.25) is 0 Å². The number of benzene rings is 4. The molecule has 1 spiro atoms. The Labute approximate surface area is 384 Å². The maximum atomic E-state index is 11.5. The second-order valence-electron chi connectivity index (χ2n) is 19.7. The van der Waals surface area contributed by atoms with E-state index in [4.69, 9.17) is 19.9 Å². The molecule has 4 aromatic carbocycles. The number of aromatic hydroxyl groups is 2. The zero-order valence-electron chi connectivity index (χ0n) is 37.9. The Morgan fingerprint density at radius 2 is 1.66 bits per heavy atom. The van der Waals surface area contributed by atoms with E-state index in [2.05, 4.69) is 64.8 Å². The minimum Gasteiger partial charge on any atom is -0.508 e. The molecular weight excluding hydrogens is 811 g/mol. The third kappa shape index (κ3) is 9.10. The summed E-state index contributed by atoms with van der Waals surface area (Å²) in [5.74, 6) is 2.09. The fourth-order valence-corrected chi connectivity index (χ4v) is 12.3. The molecule has 3 aliphatic heterocycles. The zero-order valence-corrected chi connectivity index (χ0v) is 37.9. The first-order valence-corrected chi connectivity index (χ1v) is 24.6. The molecule has 9 nitrogen and oxygen atoms in total. The van der Waals surface area contributed by atoms with Gasteiger partial charge in [0.15, 0.2) is 11.5 Å². The molecule has 10 rings (SSSR count). The first kappa shape index (κ1) is 43.8. The molecule has 4 bridgehead atoms. The smallest absolute Gasteiger partial charge is 0.161 e. The van der Waals surface area contributed by atoms with Crippen molar-refractivity contribution in [1.82, 2.24) is 9.88 Å². The molecular formula is C56H67N3O6. The van der Waals surface area contributed by atoms with Gasteiger partial charge in [0.2, 0.25) is 0 Å². The lowest BCUT2D eigenvalue weighted by atomic mass is 9.51. The summed E-state index contributed by atoms with van der Waals surface area (Å²) in [7, 11) is 0. The van der Waals surface area contributed by atoms with Gasteiger partial charge in [-0.1, -0.05) is 93.1 Å². The predicted octanol–water partition coefficient (Wildman–Crippen LogP) is 10.5. The highest BCUT2D eigenvalue weighted by Crippen LogP contribution is 2.59. The number of hydrogen-bond acceptors (Lipinski definition) is 8. The number of fused-ring (bicyclic) bond motifs is 8. The molecule has 5 aliphatic rings. The molecule has 9 heteroatoms. The Hall–Kier alpha value is -5.06. The van der Waals surface area contributed by atoms with E-state index in [1.807, 2.05) is 30.3 Å². The first-order chi connectivity index (χ1) is 31.8. The number of aliphatic hydroxyl groups excluding tert-OH is 1. The van der Waals surface area contributed by atoms with Crippen molar-refractivity contribution in [2.45, 2.75) is 145 Å². The standard InChI is InChI=1S/C56H67N3O6/c57-53-25-19-41-36-63-47(12-5-2-1-4-10-38-14-20-45(60)21-15-38)33-46(61)22-16-39-17-23-50(62)51(30-39)64-37-43-32-44(31-42-34-59(35-48(42)43)54(41)58-53)56-28-29-65-55(26-8-3-9-27-55)52(56)24-18-40-11-6-7-13-49(40)56/h6-7,11,13-15,17,19-21,23,25,30-32,34-35,46-47,52-53,58,60-62H,1-5,8-10,12,16,18,22,24,26-29,33,36-37,57H2/t46-,47+,52-,53?,56+/m1/s1. The Balaban J connectivity index is 1.01. The molecule has 1 saturated heterocycles. The van der Waals surface area contributed by atoms with Crippen LogP contribution in [0.3, 0.4) is 0 Å². The number of unbranched alkanes of at least 4 members (excludes halogenated alkanes) is 3. The number of aromatic nitrogens is 1. The van der Waals surface area contributed by atoms with Gasteiger partial charge in [0, 0.05) is 46.7 Å². The van der Waals surface area contributed by atoms with Gasteiger partial charge in [-0.2, -0.15) is 0 Å². The summed E-state index contributed by atoms with van der Waals surface area (Å²) >= 11 is 0. The maximum absolute atomic E-state index is 11.5. The average Bonchev–Trinajstić information content (AvgIpc) is 3.76. The number of aryl methyl sites for hydroxylation is 3. The lowest BCUT2D eigenvalue weighted by Gasteiger charge is -2.59. The van der Waals surface area contributed by atoms with Crippen LogP contribution in [0.15, 0.2) is 109 Å². The SMILES string of the molecule is NC1C=CC2=C(N1)n1cc3cc([C@]45CCOC6(CCCCC6)[C@H]4CCc4ccccc45)cc(c3c1)COc1cc(ccc1O)CC[C@@H](O)C[C@H](CCCCCCc1ccc(O)cc1)OC2. The van der Waals surface area contributed by atoms with Crippen molar-refractivity contribution in [3.63, 3.8) is 0 Å². The molecule has 5 aromatic rings. The topological polar surface area (TPSA) is 131 Å². The van der Waals surface area contributed by atoms with Crippen LogP contribution < -0.4 is 15.8 Å². The predicted molar refractivity (Wildman–Crippen MR) is 257 cm³/mol. The van der Waals surface area contributed by atoms with Crippen molar-refractivity contribution in [3.8, 4) is 17.2 Å². The second kappa shape index (κ2) is 19.0. The number of ether oxygens (including phenoxy) is 3. The van der Waals surface area contributed by atoms with E-state index in [0.717, 1.165) is 111 Å². The molecule has 1 unspecified atom stereocenters. The van der Waals surface area contributed by atoms with E-state index in [1.54, 1.807) is 18.2 Å². The summed E-state index contributed by atoms with van der Waals surface area (Å²) in [5.41, 5.74) is 14.8. The van der Waals surface area contributed by atoms with Crippen molar-refractivity contribution in [2.75, 3.05) is 13.2 Å². The summed E-state index contributed by atoms with van der Waals surface area (Å²) in [6.45, 7) is 1.39. The van der Waals surface area contributed by atoms with Gasteiger partial charge in [-0.15, -0.1) is 0 Å². The molecule has 65 heavy (non-hydrogen) atoms. The van der Waals surface area contributed by atoms with Gasteiger partial charge in [0.1, 0.15) is 18.2 Å². The number of dihydropyridines is 1. The molecule has 1 saturated carbocycles. The summed E-state index contributed by atoms with van der Waals surface area (Å²) in [6.07, 6.45) is 24.4. The Kier molecular flexibility index (Phi) is 12.8. The van der Waals surface area contributed by atoms with Gasteiger partial charge >= 0.3 is 0 Å². The number of nitrogens with one attached hydrogen (secondary N) is 1. The van der Waals surface area contributed by atoms with E-state index < -0.39 is 6.10 Å². The Bertz CT molecular complexity index is 2510. The van der Waals surface area contributed by atoms with Crippen LogP contribution in [0.2, 0.25) is 0 Å². The third-order valence-electron chi connectivity index (χ3n) is 15.6. The quantitative estimate of drug-likeness (QED) is 0.0974. The Morgan fingerprint density at radius 3 is 2.54 bits per heavy atom. The van der Waals surface area contributed by atoms with Crippen LogP contribution in [0, 0.1) is 5.92 Å². The van der Waals surface area contributed by atoms with E-state index in [-0.39, 0.29) is 35.6 Å². The largest absolute Gasteiger partial charge is 0.508 e. The third-order valence-corrected chi connectivity index (χ3v) is 15.6.